The smallest absolute Gasteiger partial charge is 0.227 e. The van der Waals surface area contributed by atoms with Gasteiger partial charge in [0.1, 0.15) is 0 Å². The van der Waals surface area contributed by atoms with Gasteiger partial charge in [-0.1, -0.05) is 18.2 Å². The minimum Gasteiger partial charge on any atom is -0.494 e. The number of H-pyrrole nitrogens is 1. The number of ether oxygens (including phenoxy) is 1. The molecule has 0 saturated heterocycles. The number of nitrogens with zero attached hydrogens (tertiary/aromatic N) is 1. The number of anilines is 1. The van der Waals surface area contributed by atoms with Crippen LogP contribution < -0.4 is 10.1 Å². The number of aromatic amines is 1. The first-order valence-electron chi connectivity index (χ1n) is 7.23. The van der Waals surface area contributed by atoms with Crippen LogP contribution in [0.3, 0.4) is 0 Å². The van der Waals surface area contributed by atoms with Crippen molar-refractivity contribution in [1.29, 1.82) is 0 Å². The lowest BCUT2D eigenvalue weighted by Crippen LogP contribution is -2.13. The monoisotopic (exact) mass is 313 g/mol. The number of benzene rings is 2. The van der Waals surface area contributed by atoms with Gasteiger partial charge in [0.05, 0.1) is 18.1 Å². The van der Waals surface area contributed by atoms with Crippen LogP contribution in [0.4, 0.5) is 10.3 Å². The Labute approximate surface area is 132 Å². The van der Waals surface area contributed by atoms with Gasteiger partial charge < -0.3 is 9.72 Å². The third-order valence-corrected chi connectivity index (χ3v) is 3.50. The number of amides is 1. The second-order valence-electron chi connectivity index (χ2n) is 5.12. The van der Waals surface area contributed by atoms with E-state index in [1.165, 1.54) is 13.2 Å². The first kappa shape index (κ1) is 15.0. The Balaban J connectivity index is 1.60. The molecule has 23 heavy (non-hydrogen) atoms. The Morgan fingerprint density at radius 2 is 2.13 bits per heavy atom. The third kappa shape index (κ3) is 3.48. The van der Waals surface area contributed by atoms with Crippen LogP contribution in [-0.4, -0.2) is 23.0 Å². The molecular formula is C17H16FN3O2. The molecule has 0 aliphatic carbocycles. The van der Waals surface area contributed by atoms with Gasteiger partial charge in [-0.15, -0.1) is 0 Å². The van der Waals surface area contributed by atoms with Crippen molar-refractivity contribution >= 4 is 22.9 Å². The Morgan fingerprint density at radius 1 is 1.30 bits per heavy atom. The molecule has 3 aromatic rings. The number of carbonyl (C=O) groups excluding carboxylic acids is 1. The molecule has 2 aromatic carbocycles. The van der Waals surface area contributed by atoms with Crippen molar-refractivity contribution < 1.29 is 13.9 Å². The fourth-order valence-corrected chi connectivity index (χ4v) is 2.33. The van der Waals surface area contributed by atoms with Crippen LogP contribution in [0.1, 0.15) is 12.0 Å². The molecule has 0 saturated carbocycles. The van der Waals surface area contributed by atoms with E-state index in [0.717, 1.165) is 16.6 Å². The molecule has 0 aliphatic rings. The van der Waals surface area contributed by atoms with Gasteiger partial charge in [-0.05, 0) is 36.2 Å². The highest BCUT2D eigenvalue weighted by atomic mass is 19.1. The average Bonchev–Trinajstić information content (AvgIpc) is 2.95. The molecule has 118 valence electrons. The SMILES string of the molecule is COc1ccc(CCC(=O)Nc2nc3ccccc3[nH]2)cc1F. The number of carbonyl (C=O) groups is 1. The molecule has 0 atom stereocenters. The molecular weight excluding hydrogens is 297 g/mol. The Bertz CT molecular complexity index is 812. The molecule has 3 rings (SSSR count). The maximum Gasteiger partial charge on any atom is 0.227 e. The molecule has 0 fully saturated rings. The molecule has 5 nitrogen and oxygen atoms in total. The first-order chi connectivity index (χ1) is 11.2. The normalized spacial score (nSPS) is 10.7. The summed E-state index contributed by atoms with van der Waals surface area (Å²) in [4.78, 5) is 19.3. The van der Waals surface area contributed by atoms with Crippen LogP contribution >= 0.6 is 0 Å². The highest BCUT2D eigenvalue weighted by molar-refractivity contribution is 5.91. The van der Waals surface area contributed by atoms with Gasteiger partial charge >= 0.3 is 0 Å². The molecule has 1 aromatic heterocycles. The maximum absolute atomic E-state index is 13.6. The molecule has 0 unspecified atom stereocenters. The van der Waals surface area contributed by atoms with E-state index in [0.29, 0.717) is 12.4 Å². The fraction of sp³-hybridized carbons (Fsp3) is 0.176. The summed E-state index contributed by atoms with van der Waals surface area (Å²) in [5.74, 6) is 0.000522. The van der Waals surface area contributed by atoms with Gasteiger partial charge in [0.25, 0.3) is 0 Å². The summed E-state index contributed by atoms with van der Waals surface area (Å²) in [7, 11) is 1.42. The van der Waals surface area contributed by atoms with E-state index >= 15 is 0 Å². The zero-order valence-corrected chi connectivity index (χ0v) is 12.6. The highest BCUT2D eigenvalue weighted by Crippen LogP contribution is 2.19. The molecule has 0 aliphatic heterocycles. The number of halogens is 1. The maximum atomic E-state index is 13.6. The number of aryl methyl sites for hydroxylation is 1. The topological polar surface area (TPSA) is 67.0 Å². The molecule has 6 heteroatoms. The summed E-state index contributed by atoms with van der Waals surface area (Å²) < 4.78 is 18.5. The van der Waals surface area contributed by atoms with Crippen molar-refractivity contribution in [3.63, 3.8) is 0 Å². The van der Waals surface area contributed by atoms with Gasteiger partial charge in [-0.25, -0.2) is 9.37 Å². The van der Waals surface area contributed by atoms with Gasteiger partial charge in [-0.3, -0.25) is 10.1 Å². The Morgan fingerprint density at radius 3 is 2.87 bits per heavy atom. The van der Waals surface area contributed by atoms with Crippen LogP contribution in [0, 0.1) is 5.82 Å². The fourth-order valence-electron chi connectivity index (χ4n) is 2.33. The lowest BCUT2D eigenvalue weighted by Gasteiger charge is -2.05. The predicted molar refractivity (Wildman–Crippen MR) is 86.0 cm³/mol. The van der Waals surface area contributed by atoms with Crippen molar-refractivity contribution in [3.05, 3.63) is 53.8 Å². The van der Waals surface area contributed by atoms with Crippen molar-refractivity contribution in [2.45, 2.75) is 12.8 Å². The molecule has 0 radical (unpaired) electrons. The highest BCUT2D eigenvalue weighted by Gasteiger charge is 2.09. The minimum absolute atomic E-state index is 0.180. The quantitative estimate of drug-likeness (QED) is 0.759. The minimum atomic E-state index is -0.428. The number of nitrogens with one attached hydrogen (secondary N) is 2. The predicted octanol–water partition coefficient (Wildman–Crippen LogP) is 3.28. The lowest BCUT2D eigenvalue weighted by atomic mass is 10.1. The number of rotatable bonds is 5. The van der Waals surface area contributed by atoms with Crippen LogP contribution in [0.2, 0.25) is 0 Å². The lowest BCUT2D eigenvalue weighted by molar-refractivity contribution is -0.116. The van der Waals surface area contributed by atoms with E-state index in [1.54, 1.807) is 12.1 Å². The zero-order valence-electron chi connectivity index (χ0n) is 12.6. The number of hydrogen-bond acceptors (Lipinski definition) is 3. The first-order valence-corrected chi connectivity index (χ1v) is 7.23. The van der Waals surface area contributed by atoms with Gasteiger partial charge in [0.15, 0.2) is 11.6 Å². The summed E-state index contributed by atoms with van der Waals surface area (Å²) in [6.45, 7) is 0. The van der Waals surface area contributed by atoms with Crippen molar-refractivity contribution in [2.24, 2.45) is 0 Å². The average molecular weight is 313 g/mol. The summed E-state index contributed by atoms with van der Waals surface area (Å²) in [6.07, 6.45) is 0.676. The van der Waals surface area contributed by atoms with Crippen LogP contribution in [-0.2, 0) is 11.2 Å². The second-order valence-corrected chi connectivity index (χ2v) is 5.12. The van der Waals surface area contributed by atoms with E-state index in [2.05, 4.69) is 15.3 Å². The number of aromatic nitrogens is 2. The summed E-state index contributed by atoms with van der Waals surface area (Å²) in [6, 6.07) is 12.2. The van der Waals surface area contributed by atoms with Gasteiger partial charge in [0, 0.05) is 6.42 Å². The van der Waals surface area contributed by atoms with E-state index in [9.17, 15) is 9.18 Å². The number of para-hydroxylation sites is 2. The van der Waals surface area contributed by atoms with Crippen LogP contribution in [0.15, 0.2) is 42.5 Å². The van der Waals surface area contributed by atoms with E-state index < -0.39 is 5.82 Å². The second kappa shape index (κ2) is 6.48. The number of fused-ring (bicyclic) bond motifs is 1. The van der Waals surface area contributed by atoms with Gasteiger partial charge in [0.2, 0.25) is 11.9 Å². The zero-order chi connectivity index (χ0) is 16.2. The molecule has 0 bridgehead atoms. The standard InChI is InChI=1S/C17H16FN3O2/c1-23-15-8-6-11(10-12(15)18)7-9-16(22)21-17-19-13-4-2-3-5-14(13)20-17/h2-6,8,10H,7,9H2,1H3,(H2,19,20,21,22). The summed E-state index contributed by atoms with van der Waals surface area (Å²) in [5, 5.41) is 2.71. The van der Waals surface area contributed by atoms with E-state index in [1.807, 2.05) is 24.3 Å². The summed E-state index contributed by atoms with van der Waals surface area (Å²) >= 11 is 0. The molecule has 1 amide bonds. The van der Waals surface area contributed by atoms with Crippen molar-refractivity contribution in [2.75, 3.05) is 12.4 Å². The number of methoxy groups -OCH3 is 1. The Hall–Kier alpha value is -2.89. The number of hydrogen-bond donors (Lipinski definition) is 2. The van der Waals surface area contributed by atoms with Gasteiger partial charge in [-0.2, -0.15) is 0 Å². The summed E-state index contributed by atoms with van der Waals surface area (Å²) in [5.41, 5.74) is 2.39. The van der Waals surface area contributed by atoms with Crippen LogP contribution in [0.25, 0.3) is 11.0 Å². The van der Waals surface area contributed by atoms with Crippen molar-refractivity contribution in [3.8, 4) is 5.75 Å². The third-order valence-electron chi connectivity index (χ3n) is 3.50. The molecule has 0 spiro atoms. The molecule has 1 heterocycles. The van der Waals surface area contributed by atoms with E-state index in [-0.39, 0.29) is 18.1 Å². The number of imidazole rings is 1. The molecule has 2 N–H and O–H groups in total. The van der Waals surface area contributed by atoms with Crippen molar-refractivity contribution in [1.82, 2.24) is 9.97 Å². The Kier molecular flexibility index (Phi) is 4.23. The van der Waals surface area contributed by atoms with E-state index in [4.69, 9.17) is 4.74 Å². The largest absolute Gasteiger partial charge is 0.494 e. The van der Waals surface area contributed by atoms with Crippen LogP contribution in [0.5, 0.6) is 5.75 Å².